The Morgan fingerprint density at radius 3 is 2.55 bits per heavy atom. The Morgan fingerprint density at radius 1 is 1.18 bits per heavy atom. The van der Waals surface area contributed by atoms with Gasteiger partial charge in [-0.1, -0.05) is 6.07 Å². The standard InChI is InChI=1S/C13H14N6O2S/c14-10-4-6-12(7-5-10)22(20,21)19-13(15)18-17-9-11-3-1-2-8-16-11/h1-9H,14H2,(H3,15,18,19)/b17-9+. The Hall–Kier alpha value is -2.94. The van der Waals surface area contributed by atoms with Crippen LogP contribution in [0.1, 0.15) is 5.69 Å². The van der Waals surface area contributed by atoms with Crippen molar-refractivity contribution in [1.29, 1.82) is 0 Å². The van der Waals surface area contributed by atoms with Gasteiger partial charge in [0.05, 0.1) is 16.8 Å². The van der Waals surface area contributed by atoms with Crippen molar-refractivity contribution in [2.75, 3.05) is 5.73 Å². The van der Waals surface area contributed by atoms with E-state index in [0.717, 1.165) is 0 Å². The van der Waals surface area contributed by atoms with Crippen molar-refractivity contribution >= 4 is 27.9 Å². The molecule has 114 valence electrons. The predicted octanol–water partition coefficient (Wildman–Crippen LogP) is 0.291. The third-order valence-electron chi connectivity index (χ3n) is 2.46. The molecule has 0 fully saturated rings. The summed E-state index contributed by atoms with van der Waals surface area (Å²) in [7, 11) is -3.92. The number of benzene rings is 1. The van der Waals surface area contributed by atoms with Gasteiger partial charge in [-0.2, -0.15) is 13.5 Å². The van der Waals surface area contributed by atoms with Gasteiger partial charge < -0.3 is 11.5 Å². The van der Waals surface area contributed by atoms with Crippen LogP contribution in [-0.2, 0) is 10.0 Å². The molecule has 8 nitrogen and oxygen atoms in total. The highest BCUT2D eigenvalue weighted by Gasteiger charge is 2.12. The summed E-state index contributed by atoms with van der Waals surface area (Å²) in [5, 5.41) is 3.76. The molecule has 0 amide bonds. The molecule has 0 aliphatic heterocycles. The molecule has 5 N–H and O–H groups in total. The van der Waals surface area contributed by atoms with E-state index in [-0.39, 0.29) is 10.9 Å². The third-order valence-corrected chi connectivity index (χ3v) is 3.77. The lowest BCUT2D eigenvalue weighted by Gasteiger charge is -2.01. The molecule has 0 aliphatic rings. The fourth-order valence-corrected chi connectivity index (χ4v) is 2.34. The molecule has 2 aromatic rings. The number of hydrogen-bond acceptors (Lipinski definition) is 5. The molecule has 0 radical (unpaired) electrons. The van der Waals surface area contributed by atoms with E-state index >= 15 is 0 Å². The van der Waals surface area contributed by atoms with Gasteiger partial charge in [-0.3, -0.25) is 4.98 Å². The SMILES string of the molecule is NC(=NS(=O)(=O)c1ccc(N)cc1)N/N=C/c1ccccn1. The van der Waals surface area contributed by atoms with Crippen LogP contribution in [0, 0.1) is 0 Å². The summed E-state index contributed by atoms with van der Waals surface area (Å²) in [6.45, 7) is 0. The molecule has 0 spiro atoms. The maximum atomic E-state index is 12.0. The number of rotatable bonds is 4. The van der Waals surface area contributed by atoms with Crippen LogP contribution >= 0.6 is 0 Å². The zero-order chi connectivity index (χ0) is 16.0. The third kappa shape index (κ3) is 4.28. The zero-order valence-electron chi connectivity index (χ0n) is 11.4. The molecule has 0 aliphatic carbocycles. The molecule has 0 bridgehead atoms. The minimum atomic E-state index is -3.92. The Labute approximate surface area is 127 Å². The molecule has 22 heavy (non-hydrogen) atoms. The van der Waals surface area contributed by atoms with Gasteiger partial charge in [-0.25, -0.2) is 5.43 Å². The number of nitrogens with zero attached hydrogens (tertiary/aromatic N) is 3. The van der Waals surface area contributed by atoms with Crippen molar-refractivity contribution in [1.82, 2.24) is 10.4 Å². The van der Waals surface area contributed by atoms with E-state index in [9.17, 15) is 8.42 Å². The number of aromatic nitrogens is 1. The van der Waals surface area contributed by atoms with Crippen LogP contribution in [-0.4, -0.2) is 25.6 Å². The quantitative estimate of drug-likeness (QED) is 0.321. The van der Waals surface area contributed by atoms with Crippen LogP contribution in [0.3, 0.4) is 0 Å². The minimum absolute atomic E-state index is 0.0137. The lowest BCUT2D eigenvalue weighted by Crippen LogP contribution is -2.28. The molecule has 2 rings (SSSR count). The van der Waals surface area contributed by atoms with E-state index < -0.39 is 10.0 Å². The highest BCUT2D eigenvalue weighted by Crippen LogP contribution is 2.13. The molecular weight excluding hydrogens is 304 g/mol. The average molecular weight is 318 g/mol. The molecule has 1 aromatic heterocycles. The second kappa shape index (κ2) is 6.68. The molecule has 1 aromatic carbocycles. The summed E-state index contributed by atoms with van der Waals surface area (Å²) < 4.78 is 27.4. The number of nitrogen functional groups attached to an aromatic ring is 1. The van der Waals surface area contributed by atoms with Crippen molar-refractivity contribution in [3.05, 3.63) is 54.4 Å². The van der Waals surface area contributed by atoms with Gasteiger partial charge in [0.25, 0.3) is 10.0 Å². The second-order valence-electron chi connectivity index (χ2n) is 4.15. The monoisotopic (exact) mass is 318 g/mol. The summed E-state index contributed by atoms with van der Waals surface area (Å²) in [6.07, 6.45) is 2.99. The van der Waals surface area contributed by atoms with Gasteiger partial charge in [0.2, 0.25) is 5.96 Å². The van der Waals surface area contributed by atoms with Gasteiger partial charge >= 0.3 is 0 Å². The zero-order valence-corrected chi connectivity index (χ0v) is 12.2. The van der Waals surface area contributed by atoms with Gasteiger partial charge in [0.15, 0.2) is 0 Å². The lowest BCUT2D eigenvalue weighted by atomic mass is 10.3. The Morgan fingerprint density at radius 2 is 1.91 bits per heavy atom. The predicted molar refractivity (Wildman–Crippen MR) is 84.6 cm³/mol. The van der Waals surface area contributed by atoms with Crippen molar-refractivity contribution in [2.45, 2.75) is 4.90 Å². The first-order valence-electron chi connectivity index (χ1n) is 6.13. The summed E-state index contributed by atoms with van der Waals surface area (Å²) in [5.41, 5.74) is 14.4. The van der Waals surface area contributed by atoms with Crippen molar-refractivity contribution in [2.24, 2.45) is 15.2 Å². The van der Waals surface area contributed by atoms with Crippen molar-refractivity contribution < 1.29 is 8.42 Å². The summed E-state index contributed by atoms with van der Waals surface area (Å²) >= 11 is 0. The normalized spacial score (nSPS) is 12.5. The number of sulfonamides is 1. The van der Waals surface area contributed by atoms with E-state index in [0.29, 0.717) is 11.4 Å². The molecule has 1 heterocycles. The number of anilines is 1. The minimum Gasteiger partial charge on any atom is -0.399 e. The molecule has 0 unspecified atom stereocenters. The number of nitrogens with two attached hydrogens (primary N) is 2. The van der Waals surface area contributed by atoms with Gasteiger partial charge in [-0.05, 0) is 36.4 Å². The maximum absolute atomic E-state index is 12.0. The van der Waals surface area contributed by atoms with Gasteiger partial charge in [0, 0.05) is 11.9 Å². The maximum Gasteiger partial charge on any atom is 0.285 e. The largest absolute Gasteiger partial charge is 0.399 e. The van der Waals surface area contributed by atoms with Crippen molar-refractivity contribution in [3.63, 3.8) is 0 Å². The van der Waals surface area contributed by atoms with E-state index in [4.69, 9.17) is 11.5 Å². The summed E-state index contributed by atoms with van der Waals surface area (Å²) in [5.74, 6) is -0.357. The smallest absolute Gasteiger partial charge is 0.285 e. The van der Waals surface area contributed by atoms with Crippen LogP contribution in [0.25, 0.3) is 0 Å². The molecule has 0 saturated heterocycles. The lowest BCUT2D eigenvalue weighted by molar-refractivity contribution is 0.597. The van der Waals surface area contributed by atoms with E-state index in [1.165, 1.54) is 30.5 Å². The van der Waals surface area contributed by atoms with Crippen LogP contribution in [0.4, 0.5) is 5.69 Å². The number of pyridine rings is 1. The Balaban J connectivity index is 2.08. The number of hydrogen-bond donors (Lipinski definition) is 3. The van der Waals surface area contributed by atoms with E-state index in [2.05, 4.69) is 19.9 Å². The highest BCUT2D eigenvalue weighted by atomic mass is 32.2. The topological polar surface area (TPSA) is 136 Å². The molecule has 9 heteroatoms. The van der Waals surface area contributed by atoms with Crippen molar-refractivity contribution in [3.8, 4) is 0 Å². The second-order valence-corrected chi connectivity index (χ2v) is 5.75. The first-order valence-corrected chi connectivity index (χ1v) is 7.57. The number of nitrogens with one attached hydrogen (secondary N) is 1. The van der Waals surface area contributed by atoms with Gasteiger partial charge in [-0.15, -0.1) is 4.40 Å². The van der Waals surface area contributed by atoms with Gasteiger partial charge in [0.1, 0.15) is 0 Å². The van der Waals surface area contributed by atoms with Crippen LogP contribution in [0.2, 0.25) is 0 Å². The Kier molecular flexibility index (Phi) is 4.69. The van der Waals surface area contributed by atoms with Crippen LogP contribution in [0.5, 0.6) is 0 Å². The summed E-state index contributed by atoms with van der Waals surface area (Å²) in [6, 6.07) is 10.9. The fourth-order valence-electron chi connectivity index (χ4n) is 1.46. The van der Waals surface area contributed by atoms with Crippen LogP contribution < -0.4 is 16.9 Å². The molecule has 0 saturated carbocycles. The molecular formula is C13H14N6O2S. The average Bonchev–Trinajstić information content (AvgIpc) is 2.48. The summed E-state index contributed by atoms with van der Waals surface area (Å²) in [4.78, 5) is 3.99. The first-order chi connectivity index (χ1) is 10.5. The number of hydrazone groups is 1. The first kappa shape index (κ1) is 15.4. The molecule has 0 atom stereocenters. The Bertz CT molecular complexity index is 785. The van der Waals surface area contributed by atoms with E-state index in [1.54, 1.807) is 24.4 Å². The highest BCUT2D eigenvalue weighted by molar-refractivity contribution is 7.90. The van der Waals surface area contributed by atoms with E-state index in [1.807, 2.05) is 0 Å². The van der Waals surface area contributed by atoms with Crippen LogP contribution in [0.15, 0.2) is 63.1 Å². The fraction of sp³-hybridized carbons (Fsp3) is 0. The number of guanidine groups is 1.